The Labute approximate surface area is 186 Å². The third-order valence-corrected chi connectivity index (χ3v) is 7.50. The van der Waals surface area contributed by atoms with Gasteiger partial charge in [-0.15, -0.1) is 0 Å². The maximum Gasteiger partial charge on any atom is 0.362 e. The van der Waals surface area contributed by atoms with Crippen LogP contribution in [0.25, 0.3) is 0 Å². The van der Waals surface area contributed by atoms with Gasteiger partial charge in [0.25, 0.3) is 0 Å². The third kappa shape index (κ3) is 7.12. The SMILES string of the molecule is COc1ccc([I+]c2cc(C=O)ccc2OC)cc1.Cc1ccc(S(=O)(=O)[O-])cc1. The van der Waals surface area contributed by atoms with Crippen molar-refractivity contribution in [3.63, 3.8) is 0 Å². The van der Waals surface area contributed by atoms with Gasteiger partial charge in [0.05, 0.1) is 19.1 Å². The first-order valence-electron chi connectivity index (χ1n) is 8.71. The van der Waals surface area contributed by atoms with Crippen LogP contribution in [0.2, 0.25) is 0 Å². The van der Waals surface area contributed by atoms with E-state index in [1.54, 1.807) is 32.4 Å². The topological polar surface area (TPSA) is 92.7 Å². The van der Waals surface area contributed by atoms with Crippen LogP contribution in [0.1, 0.15) is 15.9 Å². The number of halogens is 1. The largest absolute Gasteiger partial charge is 0.744 e. The molecule has 0 radical (unpaired) electrons. The molecule has 0 amide bonds. The van der Waals surface area contributed by atoms with E-state index in [1.807, 2.05) is 31.2 Å². The molecule has 0 N–H and O–H groups in total. The lowest BCUT2D eigenvalue weighted by molar-refractivity contribution is -0.598. The number of hydrogen-bond donors (Lipinski definition) is 0. The first kappa shape index (κ1) is 23.8. The van der Waals surface area contributed by atoms with Crippen molar-refractivity contribution in [2.75, 3.05) is 14.2 Å². The van der Waals surface area contributed by atoms with Gasteiger partial charge in [-0.1, -0.05) is 17.7 Å². The number of aldehydes is 1. The van der Waals surface area contributed by atoms with E-state index in [0.29, 0.717) is 5.56 Å². The molecule has 6 nitrogen and oxygen atoms in total. The number of methoxy groups -OCH3 is 2. The Morgan fingerprint density at radius 3 is 2.03 bits per heavy atom. The number of aryl methyl sites for hydroxylation is 1. The monoisotopic (exact) mass is 540 g/mol. The highest BCUT2D eigenvalue weighted by molar-refractivity contribution is 7.85. The summed E-state index contributed by atoms with van der Waals surface area (Å²) in [5.74, 6) is 1.69. The van der Waals surface area contributed by atoms with Crippen LogP contribution >= 0.6 is 0 Å². The highest BCUT2D eigenvalue weighted by Crippen LogP contribution is 2.11. The molecule has 0 aliphatic heterocycles. The number of carbonyl (C=O) groups excluding carboxylic acids is 1. The molecule has 0 spiro atoms. The second-order valence-electron chi connectivity index (χ2n) is 6.03. The predicted octanol–water partition coefficient (Wildman–Crippen LogP) is 0.544. The maximum absolute atomic E-state index is 10.8. The summed E-state index contributed by atoms with van der Waals surface area (Å²) in [6.07, 6.45) is 0.862. The minimum Gasteiger partial charge on any atom is -0.744 e. The molecule has 0 fully saturated rings. The Hall–Kier alpha value is -2.43. The summed E-state index contributed by atoms with van der Waals surface area (Å²) in [5, 5.41) is 0. The van der Waals surface area contributed by atoms with Crippen molar-refractivity contribution >= 4 is 16.4 Å². The fourth-order valence-electron chi connectivity index (χ4n) is 2.29. The van der Waals surface area contributed by atoms with Crippen molar-refractivity contribution in [2.24, 2.45) is 0 Å². The van der Waals surface area contributed by atoms with Crippen molar-refractivity contribution in [2.45, 2.75) is 11.8 Å². The second kappa shape index (κ2) is 11.1. The summed E-state index contributed by atoms with van der Waals surface area (Å²) in [5.41, 5.74) is 1.61. The fraction of sp³-hybridized carbons (Fsp3) is 0.136. The lowest BCUT2D eigenvalue weighted by atomic mass is 10.2. The molecular formula is C22H21IO6S. The molecule has 0 aliphatic rings. The van der Waals surface area contributed by atoms with Gasteiger partial charge in [0.15, 0.2) is 9.32 Å². The molecular weight excluding hydrogens is 519 g/mol. The molecule has 3 aromatic rings. The van der Waals surface area contributed by atoms with Crippen LogP contribution in [0.5, 0.6) is 11.5 Å². The Kier molecular flexibility index (Phi) is 8.82. The molecule has 0 saturated heterocycles. The van der Waals surface area contributed by atoms with Crippen LogP contribution < -0.4 is 30.7 Å². The average molecular weight is 540 g/mol. The normalized spacial score (nSPS) is 10.5. The maximum atomic E-state index is 10.8. The van der Waals surface area contributed by atoms with Gasteiger partial charge in [0.1, 0.15) is 22.2 Å². The van der Waals surface area contributed by atoms with Gasteiger partial charge in [0, 0.05) is 11.6 Å². The molecule has 0 aliphatic carbocycles. The Balaban J connectivity index is 0.000000248. The summed E-state index contributed by atoms with van der Waals surface area (Å²) >= 11 is -0.380. The van der Waals surface area contributed by atoms with Gasteiger partial charge in [0.2, 0.25) is 3.57 Å². The van der Waals surface area contributed by atoms with E-state index in [-0.39, 0.29) is 26.1 Å². The lowest BCUT2D eigenvalue weighted by Gasteiger charge is -2.05. The smallest absolute Gasteiger partial charge is 0.362 e. The van der Waals surface area contributed by atoms with Gasteiger partial charge in [-0.2, -0.15) is 0 Å². The van der Waals surface area contributed by atoms with E-state index in [0.717, 1.165) is 26.9 Å². The molecule has 0 heterocycles. The van der Waals surface area contributed by atoms with Crippen molar-refractivity contribution in [1.82, 2.24) is 0 Å². The highest BCUT2D eigenvalue weighted by atomic mass is 127. The lowest BCUT2D eigenvalue weighted by Crippen LogP contribution is -3.61. The molecule has 0 aromatic heterocycles. The molecule has 0 saturated carbocycles. The Bertz CT molecular complexity index is 1080. The Morgan fingerprint density at radius 2 is 1.53 bits per heavy atom. The minimum atomic E-state index is -4.27. The Morgan fingerprint density at radius 1 is 0.900 bits per heavy atom. The van der Waals surface area contributed by atoms with Crippen LogP contribution in [-0.4, -0.2) is 33.5 Å². The average Bonchev–Trinajstić information content (AvgIpc) is 2.74. The number of rotatable bonds is 6. The van der Waals surface area contributed by atoms with Gasteiger partial charge < -0.3 is 14.0 Å². The summed E-state index contributed by atoms with van der Waals surface area (Å²) in [4.78, 5) is 10.7. The fourth-order valence-corrected chi connectivity index (χ4v) is 5.33. The van der Waals surface area contributed by atoms with E-state index in [2.05, 4.69) is 12.1 Å². The number of carbonyl (C=O) groups is 1. The van der Waals surface area contributed by atoms with E-state index < -0.39 is 10.1 Å². The zero-order valence-electron chi connectivity index (χ0n) is 16.7. The zero-order chi connectivity index (χ0) is 22.1. The van der Waals surface area contributed by atoms with Crippen molar-refractivity contribution < 1.29 is 48.4 Å². The van der Waals surface area contributed by atoms with Crippen LogP contribution in [0.3, 0.4) is 0 Å². The highest BCUT2D eigenvalue weighted by Gasteiger charge is 2.21. The van der Waals surface area contributed by atoms with Gasteiger partial charge in [-0.3, -0.25) is 4.79 Å². The zero-order valence-corrected chi connectivity index (χ0v) is 19.6. The molecule has 3 rings (SSSR count). The first-order chi connectivity index (χ1) is 14.3. The van der Waals surface area contributed by atoms with Gasteiger partial charge in [-0.25, -0.2) is 8.42 Å². The molecule has 0 atom stereocenters. The van der Waals surface area contributed by atoms with Crippen molar-refractivity contribution in [3.05, 3.63) is 85.0 Å². The molecule has 3 aromatic carbocycles. The summed E-state index contributed by atoms with van der Waals surface area (Å²) in [6, 6.07) is 19.3. The second-order valence-corrected chi connectivity index (χ2v) is 10.4. The van der Waals surface area contributed by atoms with Crippen LogP contribution in [-0.2, 0) is 10.1 Å². The molecule has 0 bridgehead atoms. The summed E-state index contributed by atoms with van der Waals surface area (Å²) in [6.45, 7) is 1.82. The van der Waals surface area contributed by atoms with E-state index >= 15 is 0 Å². The van der Waals surface area contributed by atoms with Crippen LogP contribution in [0.4, 0.5) is 0 Å². The van der Waals surface area contributed by atoms with E-state index in [9.17, 15) is 17.8 Å². The number of ether oxygens (including phenoxy) is 2. The molecule has 158 valence electrons. The predicted molar refractivity (Wildman–Crippen MR) is 108 cm³/mol. The van der Waals surface area contributed by atoms with Crippen molar-refractivity contribution in [3.8, 4) is 11.5 Å². The minimum absolute atomic E-state index is 0.178. The molecule has 30 heavy (non-hydrogen) atoms. The van der Waals surface area contributed by atoms with E-state index in [1.165, 1.54) is 15.7 Å². The van der Waals surface area contributed by atoms with Gasteiger partial charge in [-0.05, 0) is 55.5 Å². The molecule has 8 heteroatoms. The summed E-state index contributed by atoms with van der Waals surface area (Å²) in [7, 11) is -0.966. The van der Waals surface area contributed by atoms with E-state index in [4.69, 9.17) is 9.47 Å². The first-order valence-corrected chi connectivity index (χ1v) is 12.3. The number of benzene rings is 3. The van der Waals surface area contributed by atoms with Crippen LogP contribution in [0, 0.1) is 14.1 Å². The van der Waals surface area contributed by atoms with Crippen molar-refractivity contribution in [1.29, 1.82) is 0 Å². The van der Waals surface area contributed by atoms with Gasteiger partial charge >= 0.3 is 21.2 Å². The van der Waals surface area contributed by atoms with Crippen LogP contribution in [0.15, 0.2) is 71.6 Å². The summed E-state index contributed by atoms with van der Waals surface area (Å²) < 4.78 is 44.0. The quantitative estimate of drug-likeness (QED) is 0.258. The molecule has 0 unspecified atom stereocenters. The standard InChI is InChI=1S/C15H14IO3.C7H8O3S/c1-18-13-6-4-12(5-7-13)16-14-9-11(10-17)3-8-15(14)19-2;1-6-2-4-7(5-3-6)11(8,9)10/h3-10H,1-2H3;2-5H,1H3,(H,8,9,10)/q+1;/p-1. The number of hydrogen-bond acceptors (Lipinski definition) is 6. The third-order valence-electron chi connectivity index (χ3n) is 3.88.